The van der Waals surface area contributed by atoms with Crippen molar-refractivity contribution >= 4 is 31.0 Å². The number of Topliss-reactive ketones (excluding diaryl/α,β-unsaturated/α-hetero) is 1. The van der Waals surface area contributed by atoms with Gasteiger partial charge in [0.2, 0.25) is 0 Å². The van der Waals surface area contributed by atoms with Gasteiger partial charge in [0.25, 0.3) is 0 Å². The third-order valence-electron chi connectivity index (χ3n) is 4.33. The second-order valence-corrected chi connectivity index (χ2v) is 20.0. The Labute approximate surface area is 119 Å². The molecule has 0 aromatic carbocycles. The van der Waals surface area contributed by atoms with Crippen LogP contribution in [0, 0.1) is 0 Å². The zero-order chi connectivity index (χ0) is 13.3. The minimum atomic E-state index is -0.869. The van der Waals surface area contributed by atoms with Crippen molar-refractivity contribution in [3.8, 4) is 0 Å². The SMILES string of the molecule is C[Si][Si]1([Si]C)CCCCCCC(=O)CCCCC1. The van der Waals surface area contributed by atoms with Crippen LogP contribution >= 0.6 is 0 Å². The molecule has 1 nitrogen and oxygen atoms in total. The number of hydrogen-bond donors (Lipinski definition) is 0. The van der Waals surface area contributed by atoms with Crippen LogP contribution in [0.2, 0.25) is 25.2 Å². The molecule has 0 N–H and O–H groups in total. The topological polar surface area (TPSA) is 17.1 Å². The minimum Gasteiger partial charge on any atom is -0.300 e. The van der Waals surface area contributed by atoms with Crippen molar-refractivity contribution in [2.24, 2.45) is 0 Å². The van der Waals surface area contributed by atoms with E-state index in [0.717, 1.165) is 25.7 Å². The molecule has 1 aliphatic rings. The first-order valence-corrected chi connectivity index (χ1v) is 15.0. The van der Waals surface area contributed by atoms with Gasteiger partial charge in [-0.1, -0.05) is 57.3 Å². The zero-order valence-electron chi connectivity index (χ0n) is 12.2. The van der Waals surface area contributed by atoms with Crippen LogP contribution in [0.1, 0.15) is 57.8 Å². The van der Waals surface area contributed by atoms with Gasteiger partial charge in [-0.15, -0.1) is 0 Å². The highest BCUT2D eigenvalue weighted by Crippen LogP contribution is 2.23. The molecule has 18 heavy (non-hydrogen) atoms. The summed E-state index contributed by atoms with van der Waals surface area (Å²) in [5.74, 6) is 0.521. The fourth-order valence-electron chi connectivity index (χ4n) is 2.90. The van der Waals surface area contributed by atoms with E-state index in [9.17, 15) is 4.79 Å². The average Bonchev–Trinajstić information content (AvgIpc) is 2.41. The highest BCUT2D eigenvalue weighted by molar-refractivity contribution is 7.50. The highest BCUT2D eigenvalue weighted by Gasteiger charge is 2.28. The normalized spacial score (nSPS) is 23.8. The molecule has 1 rings (SSSR count). The van der Waals surface area contributed by atoms with Crippen LogP contribution in [0.3, 0.4) is 0 Å². The maximum atomic E-state index is 11.6. The Hall–Kier alpha value is 0.321. The monoisotopic (exact) mass is 296 g/mol. The quantitative estimate of drug-likeness (QED) is 0.703. The summed E-state index contributed by atoms with van der Waals surface area (Å²) in [6.07, 6.45) is 10.8. The van der Waals surface area contributed by atoms with Gasteiger partial charge in [0, 0.05) is 38.0 Å². The van der Waals surface area contributed by atoms with Crippen molar-refractivity contribution in [3.63, 3.8) is 0 Å². The molecule has 0 unspecified atom stereocenters. The molecule has 0 bridgehead atoms. The van der Waals surface area contributed by atoms with Gasteiger partial charge in [-0.2, -0.15) is 0 Å². The molecule has 102 valence electrons. The predicted molar refractivity (Wildman–Crippen MR) is 85.2 cm³/mol. The molecule has 0 saturated carbocycles. The molecule has 4 heteroatoms. The summed E-state index contributed by atoms with van der Waals surface area (Å²) >= 11 is 0. The van der Waals surface area contributed by atoms with Gasteiger partial charge in [0.15, 0.2) is 0 Å². The van der Waals surface area contributed by atoms with Gasteiger partial charge in [-0.05, 0) is 12.8 Å². The van der Waals surface area contributed by atoms with E-state index in [1.165, 1.54) is 50.2 Å². The molecular weight excluding hydrogens is 268 g/mol. The van der Waals surface area contributed by atoms with Crippen molar-refractivity contribution in [3.05, 3.63) is 0 Å². The third-order valence-corrected chi connectivity index (χ3v) is 21.9. The van der Waals surface area contributed by atoms with Gasteiger partial charge in [0.05, 0.1) is 0 Å². The Kier molecular flexibility index (Phi) is 8.42. The maximum Gasteiger partial charge on any atom is 0.132 e. The molecule has 0 atom stereocenters. The van der Waals surface area contributed by atoms with Gasteiger partial charge >= 0.3 is 0 Å². The minimum absolute atomic E-state index is 0.521. The summed E-state index contributed by atoms with van der Waals surface area (Å²) in [4.78, 5) is 11.6. The maximum absolute atomic E-state index is 11.6. The van der Waals surface area contributed by atoms with Crippen LogP contribution in [0.4, 0.5) is 0 Å². The second kappa shape index (κ2) is 9.26. The lowest BCUT2D eigenvalue weighted by atomic mass is 10.1. The Morgan fingerprint density at radius 3 is 1.72 bits per heavy atom. The molecule has 1 fully saturated rings. The molecular formula is C14H28OSi3. The molecule has 0 aromatic rings. The summed E-state index contributed by atoms with van der Waals surface area (Å²) in [5, 5.41) is 0. The van der Waals surface area contributed by atoms with Gasteiger partial charge in [0.1, 0.15) is 5.78 Å². The predicted octanol–water partition coefficient (Wildman–Crippen LogP) is 4.03. The van der Waals surface area contributed by atoms with Gasteiger partial charge in [-0.25, -0.2) is 0 Å². The molecule has 1 heterocycles. The number of hydrogen-bond acceptors (Lipinski definition) is 1. The summed E-state index contributed by atoms with van der Waals surface area (Å²) < 4.78 is 0. The van der Waals surface area contributed by atoms with Crippen molar-refractivity contribution in [1.29, 1.82) is 0 Å². The first kappa shape index (κ1) is 16.4. The van der Waals surface area contributed by atoms with E-state index in [1.54, 1.807) is 12.1 Å². The summed E-state index contributed by atoms with van der Waals surface area (Å²) in [6, 6.07) is 3.12. The van der Waals surface area contributed by atoms with E-state index in [0.29, 0.717) is 5.78 Å². The van der Waals surface area contributed by atoms with Crippen molar-refractivity contribution < 1.29 is 4.79 Å². The van der Waals surface area contributed by atoms with E-state index in [1.807, 2.05) is 0 Å². The van der Waals surface area contributed by atoms with Crippen LogP contribution in [0.15, 0.2) is 0 Å². The Bertz CT molecular complexity index is 239. The third kappa shape index (κ3) is 5.98. The van der Waals surface area contributed by atoms with Crippen molar-refractivity contribution in [2.75, 3.05) is 0 Å². The second-order valence-electron chi connectivity index (χ2n) is 5.60. The number of rotatable bonds is 2. The Morgan fingerprint density at radius 2 is 1.22 bits per heavy atom. The Morgan fingerprint density at radius 1 is 0.778 bits per heavy atom. The number of carbonyl (C=O) groups is 1. The molecule has 0 aromatic heterocycles. The smallest absolute Gasteiger partial charge is 0.132 e. The largest absolute Gasteiger partial charge is 0.300 e. The molecule has 4 radical (unpaired) electrons. The number of ketones is 1. The molecule has 0 amide bonds. The number of carbonyl (C=O) groups excluding carboxylic acids is 1. The fraction of sp³-hybridized carbons (Fsp3) is 0.929. The average molecular weight is 297 g/mol. The lowest BCUT2D eigenvalue weighted by Gasteiger charge is -2.29. The van der Waals surface area contributed by atoms with Crippen LogP contribution in [-0.2, 0) is 4.79 Å². The van der Waals surface area contributed by atoms with Crippen LogP contribution in [0.25, 0.3) is 0 Å². The van der Waals surface area contributed by atoms with E-state index in [2.05, 4.69) is 13.1 Å². The lowest BCUT2D eigenvalue weighted by molar-refractivity contribution is -0.119. The van der Waals surface area contributed by atoms with Gasteiger partial charge in [-0.3, -0.25) is 4.79 Å². The summed E-state index contributed by atoms with van der Waals surface area (Å²) in [6.45, 7) is 4.93. The molecule has 1 aliphatic heterocycles. The first-order valence-electron chi connectivity index (χ1n) is 7.62. The fourth-order valence-corrected chi connectivity index (χ4v) is 14.2. The van der Waals surface area contributed by atoms with Crippen LogP contribution in [0.5, 0.6) is 0 Å². The first-order chi connectivity index (χ1) is 8.72. The van der Waals surface area contributed by atoms with E-state index >= 15 is 0 Å². The highest BCUT2D eigenvalue weighted by atomic mass is 29.6. The molecule has 1 saturated heterocycles. The lowest BCUT2D eigenvalue weighted by Crippen LogP contribution is -2.46. The van der Waals surface area contributed by atoms with Crippen molar-refractivity contribution in [1.82, 2.24) is 0 Å². The zero-order valence-corrected chi connectivity index (χ0v) is 15.2. The van der Waals surface area contributed by atoms with E-state index in [-0.39, 0.29) is 0 Å². The van der Waals surface area contributed by atoms with E-state index < -0.39 is 7.11 Å². The van der Waals surface area contributed by atoms with Gasteiger partial charge < -0.3 is 0 Å². The van der Waals surface area contributed by atoms with E-state index in [4.69, 9.17) is 0 Å². The molecule has 0 aliphatic carbocycles. The molecule has 0 spiro atoms. The summed E-state index contributed by atoms with van der Waals surface area (Å²) in [5.41, 5.74) is 0. The van der Waals surface area contributed by atoms with Crippen LogP contribution in [-0.4, -0.2) is 31.0 Å². The van der Waals surface area contributed by atoms with Crippen LogP contribution < -0.4 is 0 Å². The summed E-state index contributed by atoms with van der Waals surface area (Å²) in [7, 11) is 1.61. The standard InChI is InChI=1S/C14H28OSi3/c1-16-18(17-2)12-8-4-3-6-10-14(15)11-7-5-9-13-18/h3-13H2,1-2H3. The Balaban J connectivity index is 2.47. The van der Waals surface area contributed by atoms with Crippen molar-refractivity contribution in [2.45, 2.75) is 83.0 Å².